The highest BCUT2D eigenvalue weighted by Gasteiger charge is 2.27. The van der Waals surface area contributed by atoms with E-state index in [4.69, 9.17) is 17.0 Å². The number of thioether (sulfide) groups is 1. The normalized spacial score (nSPS) is 17.7. The van der Waals surface area contributed by atoms with Gasteiger partial charge in [0.2, 0.25) is 0 Å². The average molecular weight is 396 g/mol. The van der Waals surface area contributed by atoms with E-state index in [1.807, 2.05) is 49.4 Å². The topological polar surface area (TPSA) is 58.6 Å². The van der Waals surface area contributed by atoms with Crippen LogP contribution >= 0.6 is 24.0 Å². The molecule has 2 heterocycles. The van der Waals surface area contributed by atoms with Crippen LogP contribution in [0.4, 0.5) is 5.69 Å². The van der Waals surface area contributed by atoms with E-state index < -0.39 is 0 Å². The Morgan fingerprint density at radius 3 is 2.81 bits per heavy atom. The van der Waals surface area contributed by atoms with Crippen LogP contribution in [0.5, 0.6) is 5.75 Å². The van der Waals surface area contributed by atoms with Crippen LogP contribution in [0.2, 0.25) is 0 Å². The van der Waals surface area contributed by atoms with E-state index in [1.54, 1.807) is 11.0 Å². The van der Waals surface area contributed by atoms with Gasteiger partial charge in [0.1, 0.15) is 10.1 Å². The number of nitrogens with one attached hydrogen (secondary N) is 1. The number of carbonyl (C=O) groups excluding carboxylic acids is 2. The smallest absolute Gasteiger partial charge is 0.265 e. The van der Waals surface area contributed by atoms with Crippen molar-refractivity contribution in [3.8, 4) is 5.75 Å². The molecule has 2 aliphatic rings. The van der Waals surface area contributed by atoms with Crippen LogP contribution in [0.15, 0.2) is 47.4 Å². The Balaban J connectivity index is 1.69. The first-order valence-electron chi connectivity index (χ1n) is 8.38. The lowest BCUT2D eigenvalue weighted by Gasteiger charge is -2.30. The van der Waals surface area contributed by atoms with Gasteiger partial charge in [-0.2, -0.15) is 0 Å². The lowest BCUT2D eigenvalue weighted by molar-refractivity contribution is -0.121. The molecule has 2 aliphatic heterocycles. The summed E-state index contributed by atoms with van der Waals surface area (Å²) in [4.78, 5) is 26.7. The molecule has 7 heteroatoms. The molecule has 136 valence electrons. The quantitative estimate of drug-likeness (QED) is 0.636. The Labute approximate surface area is 166 Å². The third kappa shape index (κ3) is 3.61. The number of amides is 2. The number of hydrogen-bond acceptors (Lipinski definition) is 5. The van der Waals surface area contributed by atoms with Gasteiger partial charge in [0.15, 0.2) is 6.61 Å². The minimum atomic E-state index is -0.202. The van der Waals surface area contributed by atoms with Crippen LogP contribution in [0.1, 0.15) is 16.7 Å². The molecule has 0 atom stereocenters. The zero-order chi connectivity index (χ0) is 19.0. The van der Waals surface area contributed by atoms with Crippen molar-refractivity contribution in [3.05, 3.63) is 64.1 Å². The molecule has 5 nitrogen and oxygen atoms in total. The van der Waals surface area contributed by atoms with Crippen molar-refractivity contribution in [2.75, 3.05) is 11.5 Å². The summed E-state index contributed by atoms with van der Waals surface area (Å²) in [5.41, 5.74) is 3.72. The third-order valence-electron chi connectivity index (χ3n) is 4.46. The van der Waals surface area contributed by atoms with Crippen LogP contribution in [0.3, 0.4) is 0 Å². The number of anilines is 1. The van der Waals surface area contributed by atoms with Crippen LogP contribution in [-0.4, -0.2) is 22.7 Å². The van der Waals surface area contributed by atoms with Crippen molar-refractivity contribution in [1.82, 2.24) is 5.32 Å². The molecule has 1 saturated heterocycles. The summed E-state index contributed by atoms with van der Waals surface area (Å²) in [6, 6.07) is 13.6. The van der Waals surface area contributed by atoms with E-state index in [1.165, 1.54) is 11.8 Å². The number of rotatable bonds is 3. The number of benzene rings is 2. The largest absolute Gasteiger partial charge is 0.482 e. The van der Waals surface area contributed by atoms with Crippen LogP contribution < -0.4 is 15.0 Å². The van der Waals surface area contributed by atoms with Gasteiger partial charge in [0, 0.05) is 0 Å². The van der Waals surface area contributed by atoms with Gasteiger partial charge in [-0.05, 0) is 41.8 Å². The van der Waals surface area contributed by atoms with Crippen molar-refractivity contribution in [1.29, 1.82) is 0 Å². The first kappa shape index (κ1) is 17.8. The predicted octanol–water partition coefficient (Wildman–Crippen LogP) is 3.41. The summed E-state index contributed by atoms with van der Waals surface area (Å²) in [6.45, 7) is 2.52. The molecule has 0 unspecified atom stereocenters. The minimum Gasteiger partial charge on any atom is -0.482 e. The zero-order valence-corrected chi connectivity index (χ0v) is 16.2. The van der Waals surface area contributed by atoms with E-state index in [-0.39, 0.29) is 18.4 Å². The molecule has 0 spiro atoms. The lowest BCUT2D eigenvalue weighted by atomic mass is 10.1. The van der Waals surface area contributed by atoms with Gasteiger partial charge in [0.25, 0.3) is 11.8 Å². The van der Waals surface area contributed by atoms with Crippen LogP contribution in [0.25, 0.3) is 6.08 Å². The van der Waals surface area contributed by atoms with Crippen LogP contribution in [0, 0.1) is 6.92 Å². The van der Waals surface area contributed by atoms with Gasteiger partial charge < -0.3 is 15.0 Å². The molecule has 27 heavy (non-hydrogen) atoms. The van der Waals surface area contributed by atoms with Gasteiger partial charge in [0.05, 0.1) is 17.1 Å². The van der Waals surface area contributed by atoms with E-state index in [0.29, 0.717) is 27.2 Å². The van der Waals surface area contributed by atoms with Crippen molar-refractivity contribution < 1.29 is 14.3 Å². The molecule has 0 saturated carbocycles. The molecule has 2 aromatic carbocycles. The number of ether oxygens (including phenoxy) is 1. The fourth-order valence-corrected chi connectivity index (χ4v) is 4.06. The highest BCUT2D eigenvalue weighted by molar-refractivity contribution is 8.26. The fraction of sp³-hybridized carbons (Fsp3) is 0.150. The molecule has 2 aromatic rings. The first-order chi connectivity index (χ1) is 13.0. The van der Waals surface area contributed by atoms with Gasteiger partial charge in [-0.15, -0.1) is 0 Å². The number of fused-ring (bicyclic) bond motifs is 1. The number of aryl methyl sites for hydroxylation is 1. The predicted molar refractivity (Wildman–Crippen MR) is 111 cm³/mol. The number of hydrogen-bond donors (Lipinski definition) is 1. The maximum atomic E-state index is 12.5. The number of nitrogens with zero attached hydrogens (tertiary/aromatic N) is 1. The summed E-state index contributed by atoms with van der Waals surface area (Å²) in [5.74, 6) is 0.362. The van der Waals surface area contributed by atoms with Crippen molar-refractivity contribution in [3.63, 3.8) is 0 Å². The monoisotopic (exact) mass is 396 g/mol. The molecule has 0 aromatic heterocycles. The summed E-state index contributed by atoms with van der Waals surface area (Å²) >= 11 is 6.26. The second kappa shape index (κ2) is 7.17. The first-order valence-corrected chi connectivity index (χ1v) is 9.60. The molecule has 0 radical (unpaired) electrons. The standard InChI is InChI=1S/C20H16N2O3S2/c1-12-4-2-3-5-14(12)10-22-15-8-13(6-7-16(15)25-11-18(22)23)9-17-19(24)21-20(26)27-17/h2-9H,10-11H2,1H3,(H,21,24,26). The number of carbonyl (C=O) groups is 2. The second-order valence-electron chi connectivity index (χ2n) is 6.27. The highest BCUT2D eigenvalue weighted by Crippen LogP contribution is 2.36. The Morgan fingerprint density at radius 2 is 2.07 bits per heavy atom. The summed E-state index contributed by atoms with van der Waals surface area (Å²) < 4.78 is 6.03. The summed E-state index contributed by atoms with van der Waals surface area (Å²) in [7, 11) is 0. The molecule has 4 rings (SSSR count). The molecule has 2 amide bonds. The number of thiocarbonyl (C=S) groups is 1. The van der Waals surface area contributed by atoms with Gasteiger partial charge in [-0.1, -0.05) is 54.3 Å². The lowest BCUT2D eigenvalue weighted by Crippen LogP contribution is -2.38. The SMILES string of the molecule is Cc1ccccc1CN1C(=O)COc2ccc(C=C3SC(=S)NC3=O)cc21. The summed E-state index contributed by atoms with van der Waals surface area (Å²) in [6.07, 6.45) is 1.77. The van der Waals surface area contributed by atoms with Gasteiger partial charge in [-0.3, -0.25) is 9.59 Å². The van der Waals surface area contributed by atoms with Gasteiger partial charge in [-0.25, -0.2) is 0 Å². The Kier molecular flexibility index (Phi) is 4.72. The maximum absolute atomic E-state index is 12.5. The molecular weight excluding hydrogens is 380 g/mol. The van der Waals surface area contributed by atoms with Crippen molar-refractivity contribution in [2.24, 2.45) is 0 Å². The average Bonchev–Trinajstić information content (AvgIpc) is 2.96. The third-order valence-corrected chi connectivity index (χ3v) is 5.62. The summed E-state index contributed by atoms with van der Waals surface area (Å²) in [5, 5.41) is 2.60. The van der Waals surface area contributed by atoms with Gasteiger partial charge >= 0.3 is 0 Å². The molecular formula is C20H16N2O3S2. The Morgan fingerprint density at radius 1 is 1.26 bits per heavy atom. The van der Waals surface area contributed by atoms with E-state index in [0.717, 1.165) is 16.7 Å². The van der Waals surface area contributed by atoms with Crippen molar-refractivity contribution >= 4 is 51.9 Å². The molecule has 0 aliphatic carbocycles. The Bertz CT molecular complexity index is 1000. The second-order valence-corrected chi connectivity index (χ2v) is 7.99. The highest BCUT2D eigenvalue weighted by atomic mass is 32.2. The molecule has 0 bridgehead atoms. The maximum Gasteiger partial charge on any atom is 0.265 e. The Hall–Kier alpha value is -2.64. The van der Waals surface area contributed by atoms with Crippen molar-refractivity contribution in [2.45, 2.75) is 13.5 Å². The fourth-order valence-electron chi connectivity index (χ4n) is 3.01. The van der Waals surface area contributed by atoms with E-state index in [2.05, 4.69) is 5.32 Å². The van der Waals surface area contributed by atoms with Crippen LogP contribution in [-0.2, 0) is 16.1 Å². The van der Waals surface area contributed by atoms with E-state index in [9.17, 15) is 9.59 Å². The molecule has 1 N–H and O–H groups in total. The minimum absolute atomic E-state index is 0.0197. The zero-order valence-electron chi connectivity index (χ0n) is 14.5. The van der Waals surface area contributed by atoms with E-state index >= 15 is 0 Å². The molecule has 1 fully saturated rings.